The van der Waals surface area contributed by atoms with Crippen LogP contribution in [0.2, 0.25) is 0 Å². The summed E-state index contributed by atoms with van der Waals surface area (Å²) >= 11 is 1.52. The Balaban J connectivity index is 2.07. The Labute approximate surface area is 96.5 Å². The zero-order valence-corrected chi connectivity index (χ0v) is 9.53. The lowest BCUT2D eigenvalue weighted by atomic mass is 10.3. The third kappa shape index (κ3) is 2.37. The van der Waals surface area contributed by atoms with E-state index in [4.69, 9.17) is 9.84 Å². The van der Waals surface area contributed by atoms with E-state index in [9.17, 15) is 4.79 Å². The zero-order chi connectivity index (χ0) is 11.5. The summed E-state index contributed by atoms with van der Waals surface area (Å²) in [7, 11) is 0. The van der Waals surface area contributed by atoms with E-state index in [1.807, 2.05) is 24.3 Å². The van der Waals surface area contributed by atoms with Gasteiger partial charge >= 0.3 is 5.97 Å². The highest BCUT2D eigenvalue weighted by atomic mass is 32.1. The second kappa shape index (κ2) is 4.59. The molecule has 1 N–H and O–H groups in total. The van der Waals surface area contributed by atoms with Gasteiger partial charge in [-0.05, 0) is 19.1 Å². The summed E-state index contributed by atoms with van der Waals surface area (Å²) in [5, 5.41) is 9.46. The SMILES string of the molecule is CC(OCc1nc2ccccc2s1)C(=O)O. The van der Waals surface area contributed by atoms with E-state index in [1.165, 1.54) is 18.3 Å². The fourth-order valence-electron chi connectivity index (χ4n) is 1.25. The van der Waals surface area contributed by atoms with E-state index in [0.717, 1.165) is 15.2 Å². The molecular weight excluding hydrogens is 226 g/mol. The number of para-hydroxylation sites is 1. The first-order chi connectivity index (χ1) is 7.66. The molecule has 84 valence electrons. The summed E-state index contributed by atoms with van der Waals surface area (Å²) in [5.41, 5.74) is 0.925. The van der Waals surface area contributed by atoms with Crippen LogP contribution in [0.1, 0.15) is 11.9 Å². The maximum absolute atomic E-state index is 10.6. The van der Waals surface area contributed by atoms with Gasteiger partial charge in [-0.25, -0.2) is 9.78 Å². The average molecular weight is 237 g/mol. The van der Waals surface area contributed by atoms with Crippen molar-refractivity contribution in [2.45, 2.75) is 19.6 Å². The van der Waals surface area contributed by atoms with Crippen molar-refractivity contribution in [3.63, 3.8) is 0 Å². The molecule has 1 aromatic heterocycles. The van der Waals surface area contributed by atoms with E-state index in [0.29, 0.717) is 0 Å². The molecule has 0 aliphatic carbocycles. The van der Waals surface area contributed by atoms with Crippen molar-refractivity contribution in [2.24, 2.45) is 0 Å². The topological polar surface area (TPSA) is 59.4 Å². The summed E-state index contributed by atoms with van der Waals surface area (Å²) in [6.07, 6.45) is -0.799. The molecule has 0 bridgehead atoms. The van der Waals surface area contributed by atoms with Crippen LogP contribution in [0, 0.1) is 0 Å². The van der Waals surface area contributed by atoms with Crippen LogP contribution in [0.5, 0.6) is 0 Å². The maximum Gasteiger partial charge on any atom is 0.332 e. The van der Waals surface area contributed by atoms with Gasteiger partial charge in [-0.2, -0.15) is 0 Å². The summed E-state index contributed by atoms with van der Waals surface area (Å²) < 4.78 is 6.25. The molecule has 0 saturated carbocycles. The Bertz CT molecular complexity index is 476. The number of rotatable bonds is 4. The van der Waals surface area contributed by atoms with Crippen molar-refractivity contribution in [2.75, 3.05) is 0 Å². The van der Waals surface area contributed by atoms with Gasteiger partial charge in [0.15, 0.2) is 6.10 Å². The Morgan fingerprint density at radius 2 is 2.31 bits per heavy atom. The monoisotopic (exact) mass is 237 g/mol. The number of aromatic nitrogens is 1. The summed E-state index contributed by atoms with van der Waals surface area (Å²) in [4.78, 5) is 14.9. The number of thiazole rings is 1. The number of carboxylic acids is 1. The normalized spacial score (nSPS) is 12.8. The predicted octanol–water partition coefficient (Wildman–Crippen LogP) is 2.29. The number of nitrogens with zero attached hydrogens (tertiary/aromatic N) is 1. The third-order valence-electron chi connectivity index (χ3n) is 2.14. The standard InChI is InChI=1S/C11H11NO3S/c1-7(11(13)14)15-6-10-12-8-4-2-3-5-9(8)16-10/h2-5,7H,6H2,1H3,(H,13,14). The van der Waals surface area contributed by atoms with Crippen LogP contribution in [0.15, 0.2) is 24.3 Å². The quantitative estimate of drug-likeness (QED) is 0.886. The van der Waals surface area contributed by atoms with Crippen molar-refractivity contribution >= 4 is 27.5 Å². The highest BCUT2D eigenvalue weighted by Gasteiger charge is 2.12. The minimum atomic E-state index is -0.957. The lowest BCUT2D eigenvalue weighted by Crippen LogP contribution is -2.19. The molecule has 0 amide bonds. The largest absolute Gasteiger partial charge is 0.479 e. The minimum absolute atomic E-state index is 0.243. The van der Waals surface area contributed by atoms with Crippen molar-refractivity contribution in [3.8, 4) is 0 Å². The van der Waals surface area contributed by atoms with Crippen molar-refractivity contribution < 1.29 is 14.6 Å². The average Bonchev–Trinajstić information content (AvgIpc) is 2.68. The second-order valence-corrected chi connectivity index (χ2v) is 4.48. The third-order valence-corrected chi connectivity index (χ3v) is 3.15. The van der Waals surface area contributed by atoms with Crippen LogP contribution in [0.25, 0.3) is 10.2 Å². The molecule has 4 nitrogen and oxygen atoms in total. The van der Waals surface area contributed by atoms with Gasteiger partial charge in [-0.1, -0.05) is 12.1 Å². The van der Waals surface area contributed by atoms with Gasteiger partial charge in [0.25, 0.3) is 0 Å². The van der Waals surface area contributed by atoms with Crippen LogP contribution in [-0.2, 0) is 16.1 Å². The molecule has 5 heteroatoms. The molecule has 0 aliphatic heterocycles. The minimum Gasteiger partial charge on any atom is -0.479 e. The summed E-state index contributed by atoms with van der Waals surface area (Å²) in [6.45, 7) is 1.75. The first-order valence-corrected chi connectivity index (χ1v) is 5.67. The molecular formula is C11H11NO3S. The summed E-state index contributed by atoms with van der Waals surface area (Å²) in [6, 6.07) is 7.78. The van der Waals surface area contributed by atoms with Crippen LogP contribution < -0.4 is 0 Å². The predicted molar refractivity (Wildman–Crippen MR) is 61.5 cm³/mol. The Kier molecular flexibility index (Phi) is 3.17. The van der Waals surface area contributed by atoms with Crippen LogP contribution in [0.4, 0.5) is 0 Å². The molecule has 1 atom stereocenters. The van der Waals surface area contributed by atoms with Crippen LogP contribution >= 0.6 is 11.3 Å². The Hall–Kier alpha value is -1.46. The first kappa shape index (κ1) is 11.0. The van der Waals surface area contributed by atoms with E-state index in [1.54, 1.807) is 0 Å². The Morgan fingerprint density at radius 3 is 3.00 bits per heavy atom. The van der Waals surface area contributed by atoms with Crippen LogP contribution in [0.3, 0.4) is 0 Å². The molecule has 1 aromatic carbocycles. The number of fused-ring (bicyclic) bond motifs is 1. The van der Waals surface area contributed by atoms with Gasteiger partial charge < -0.3 is 9.84 Å². The molecule has 2 aromatic rings. The van der Waals surface area contributed by atoms with Gasteiger partial charge in [-0.3, -0.25) is 0 Å². The molecule has 0 radical (unpaired) electrons. The van der Waals surface area contributed by atoms with Gasteiger partial charge in [0, 0.05) is 0 Å². The fraction of sp³-hybridized carbons (Fsp3) is 0.273. The number of hydrogen-bond donors (Lipinski definition) is 1. The van der Waals surface area contributed by atoms with Crippen molar-refractivity contribution in [1.82, 2.24) is 4.98 Å². The first-order valence-electron chi connectivity index (χ1n) is 4.85. The van der Waals surface area contributed by atoms with Crippen molar-refractivity contribution in [3.05, 3.63) is 29.3 Å². The number of benzene rings is 1. The molecule has 0 fully saturated rings. The van der Waals surface area contributed by atoms with Crippen LogP contribution in [-0.4, -0.2) is 22.2 Å². The molecule has 0 spiro atoms. The number of carbonyl (C=O) groups is 1. The fourth-order valence-corrected chi connectivity index (χ4v) is 2.14. The van der Waals surface area contributed by atoms with Gasteiger partial charge in [0.05, 0.1) is 16.8 Å². The molecule has 1 heterocycles. The lowest BCUT2D eigenvalue weighted by molar-refractivity contribution is -0.149. The molecule has 16 heavy (non-hydrogen) atoms. The van der Waals surface area contributed by atoms with E-state index >= 15 is 0 Å². The summed E-state index contributed by atoms with van der Waals surface area (Å²) in [5.74, 6) is -0.957. The second-order valence-electron chi connectivity index (χ2n) is 3.37. The molecule has 0 saturated heterocycles. The maximum atomic E-state index is 10.6. The lowest BCUT2D eigenvalue weighted by Gasteiger charge is -2.05. The van der Waals surface area contributed by atoms with Gasteiger partial charge in [0.1, 0.15) is 5.01 Å². The molecule has 2 rings (SSSR count). The Morgan fingerprint density at radius 1 is 1.56 bits per heavy atom. The number of aliphatic carboxylic acids is 1. The molecule has 0 aliphatic rings. The smallest absolute Gasteiger partial charge is 0.332 e. The van der Waals surface area contributed by atoms with Gasteiger partial charge in [-0.15, -0.1) is 11.3 Å². The molecule has 1 unspecified atom stereocenters. The van der Waals surface area contributed by atoms with E-state index < -0.39 is 12.1 Å². The zero-order valence-electron chi connectivity index (χ0n) is 8.71. The van der Waals surface area contributed by atoms with E-state index in [2.05, 4.69) is 4.98 Å². The number of hydrogen-bond acceptors (Lipinski definition) is 4. The number of carboxylic acid groups (broad SMARTS) is 1. The van der Waals surface area contributed by atoms with E-state index in [-0.39, 0.29) is 6.61 Å². The highest BCUT2D eigenvalue weighted by molar-refractivity contribution is 7.18. The highest BCUT2D eigenvalue weighted by Crippen LogP contribution is 2.22. The van der Waals surface area contributed by atoms with Gasteiger partial charge in [0.2, 0.25) is 0 Å². The number of ether oxygens (including phenoxy) is 1. The van der Waals surface area contributed by atoms with Crippen molar-refractivity contribution in [1.29, 1.82) is 0 Å².